The zero-order valence-corrected chi connectivity index (χ0v) is 18.6. The number of nitrogens with one attached hydrogen (secondary N) is 1. The first-order valence-corrected chi connectivity index (χ1v) is 11.5. The summed E-state index contributed by atoms with van der Waals surface area (Å²) in [7, 11) is 0. The molecule has 0 spiro atoms. The molecule has 0 bridgehead atoms. The smallest absolute Gasteiger partial charge is 0.262 e. The number of halogens is 1. The van der Waals surface area contributed by atoms with Gasteiger partial charge in [0.2, 0.25) is 0 Å². The Morgan fingerprint density at radius 2 is 1.53 bits per heavy atom. The number of ether oxygens (including phenoxy) is 2. The minimum Gasteiger partial charge on any atom is -0.483 e. The van der Waals surface area contributed by atoms with Crippen molar-refractivity contribution in [1.29, 1.82) is 0 Å². The predicted molar refractivity (Wildman–Crippen MR) is 123 cm³/mol. The molecule has 1 aliphatic heterocycles. The van der Waals surface area contributed by atoms with Crippen LogP contribution in [0.25, 0.3) is 0 Å². The highest BCUT2D eigenvalue weighted by Crippen LogP contribution is 2.49. The molecular formula is C27H24FNO5. The highest BCUT2D eigenvalue weighted by atomic mass is 19.1. The van der Waals surface area contributed by atoms with Crippen molar-refractivity contribution in [1.82, 2.24) is 0 Å². The van der Waals surface area contributed by atoms with E-state index in [1.54, 1.807) is 12.1 Å². The van der Waals surface area contributed by atoms with E-state index in [-0.39, 0.29) is 18.2 Å². The number of allylic oxidation sites excluding steroid dienone is 4. The Morgan fingerprint density at radius 1 is 0.912 bits per heavy atom. The van der Waals surface area contributed by atoms with E-state index >= 15 is 0 Å². The van der Waals surface area contributed by atoms with Gasteiger partial charge in [-0.1, -0.05) is 18.2 Å². The Morgan fingerprint density at radius 3 is 2.18 bits per heavy atom. The number of carbonyl (C=O) groups is 3. The molecule has 0 saturated carbocycles. The number of carbonyl (C=O) groups excluding carboxylic acids is 3. The summed E-state index contributed by atoms with van der Waals surface area (Å²) in [6, 6.07) is 12.6. The molecule has 0 radical (unpaired) electrons. The molecule has 1 N–H and O–H groups in total. The highest BCUT2D eigenvalue weighted by Gasteiger charge is 2.42. The van der Waals surface area contributed by atoms with Crippen molar-refractivity contribution in [2.24, 2.45) is 0 Å². The Kier molecular flexibility index (Phi) is 6.01. The first-order chi connectivity index (χ1) is 16.5. The average Bonchev–Trinajstić information content (AvgIpc) is 2.83. The second-order valence-corrected chi connectivity index (χ2v) is 8.64. The van der Waals surface area contributed by atoms with E-state index in [4.69, 9.17) is 9.47 Å². The van der Waals surface area contributed by atoms with Gasteiger partial charge in [-0.25, -0.2) is 4.39 Å². The second-order valence-electron chi connectivity index (χ2n) is 8.64. The van der Waals surface area contributed by atoms with Gasteiger partial charge in [-0.2, -0.15) is 0 Å². The SMILES string of the molecule is O=C(COc1ccccc1C1C2=C(CCCC2=O)OC2=C1C(=O)CCC2)Nc1ccc(F)cc1. The van der Waals surface area contributed by atoms with Crippen molar-refractivity contribution in [3.05, 3.63) is 82.6 Å². The molecule has 0 atom stereocenters. The molecule has 2 aromatic carbocycles. The molecule has 0 saturated heterocycles. The molecule has 1 amide bonds. The maximum absolute atomic E-state index is 13.1. The van der Waals surface area contributed by atoms with E-state index in [2.05, 4.69) is 5.32 Å². The Balaban J connectivity index is 1.45. The van der Waals surface area contributed by atoms with E-state index < -0.39 is 17.6 Å². The van der Waals surface area contributed by atoms with Crippen LogP contribution in [0.2, 0.25) is 0 Å². The summed E-state index contributed by atoms with van der Waals surface area (Å²) < 4.78 is 25.1. The number of hydrogen-bond donors (Lipinski definition) is 1. The second kappa shape index (κ2) is 9.25. The van der Waals surface area contributed by atoms with Crippen LogP contribution >= 0.6 is 0 Å². The minimum atomic E-state index is -0.560. The fraction of sp³-hybridized carbons (Fsp3) is 0.296. The number of para-hydroxylation sites is 1. The third-order valence-corrected chi connectivity index (χ3v) is 6.36. The van der Waals surface area contributed by atoms with Crippen LogP contribution in [0.15, 0.2) is 71.2 Å². The first-order valence-electron chi connectivity index (χ1n) is 11.5. The maximum atomic E-state index is 13.1. The molecule has 34 heavy (non-hydrogen) atoms. The van der Waals surface area contributed by atoms with Gasteiger partial charge in [0.15, 0.2) is 18.2 Å². The molecule has 0 unspecified atom stereocenters. The summed E-state index contributed by atoms with van der Waals surface area (Å²) in [5.74, 6) is 0.346. The summed E-state index contributed by atoms with van der Waals surface area (Å²) in [5.41, 5.74) is 2.20. The number of hydrogen-bond acceptors (Lipinski definition) is 5. The minimum absolute atomic E-state index is 0.0139. The van der Waals surface area contributed by atoms with Crippen molar-refractivity contribution >= 4 is 23.2 Å². The van der Waals surface area contributed by atoms with E-state index in [0.29, 0.717) is 65.3 Å². The van der Waals surface area contributed by atoms with Crippen molar-refractivity contribution in [3.8, 4) is 5.75 Å². The van der Waals surface area contributed by atoms with Gasteiger partial charge in [-0.05, 0) is 43.2 Å². The summed E-state index contributed by atoms with van der Waals surface area (Å²) in [5, 5.41) is 2.67. The third-order valence-electron chi connectivity index (χ3n) is 6.36. The number of benzene rings is 2. The standard InChI is InChI=1S/C27H24FNO5/c28-16-11-13-17(14-12-16)29-24(32)15-33-21-8-2-1-5-18(21)25-26-19(30)6-3-9-22(26)34-23-10-4-7-20(31)27(23)25/h1-2,5,8,11-14,25H,3-4,6-7,9-10,15H2,(H,29,32). The molecule has 174 valence electrons. The van der Waals surface area contributed by atoms with Crippen LogP contribution in [0.4, 0.5) is 10.1 Å². The van der Waals surface area contributed by atoms with Crippen LogP contribution in [0, 0.1) is 5.82 Å². The summed E-state index contributed by atoms with van der Waals surface area (Å²) in [6.07, 6.45) is 3.60. The molecule has 7 heteroatoms. The van der Waals surface area contributed by atoms with E-state index in [1.807, 2.05) is 12.1 Å². The van der Waals surface area contributed by atoms with Crippen LogP contribution in [-0.4, -0.2) is 24.1 Å². The third kappa shape index (κ3) is 4.25. The largest absolute Gasteiger partial charge is 0.483 e. The van der Waals surface area contributed by atoms with Crippen LogP contribution in [0.5, 0.6) is 5.75 Å². The van der Waals surface area contributed by atoms with E-state index in [0.717, 1.165) is 12.8 Å². The maximum Gasteiger partial charge on any atom is 0.262 e. The quantitative estimate of drug-likeness (QED) is 0.680. The summed E-state index contributed by atoms with van der Waals surface area (Å²) >= 11 is 0. The highest BCUT2D eigenvalue weighted by molar-refractivity contribution is 6.06. The molecule has 0 fully saturated rings. The van der Waals surface area contributed by atoms with Gasteiger partial charge in [0.1, 0.15) is 23.1 Å². The molecule has 2 aromatic rings. The monoisotopic (exact) mass is 461 g/mol. The van der Waals surface area contributed by atoms with Gasteiger partial charge in [-0.3, -0.25) is 14.4 Å². The number of Topliss-reactive ketones (excluding diaryl/α,β-unsaturated/α-hetero) is 2. The summed E-state index contributed by atoms with van der Waals surface area (Å²) in [6.45, 7) is -0.280. The van der Waals surface area contributed by atoms with Gasteiger partial charge in [0, 0.05) is 48.1 Å². The number of rotatable bonds is 5. The van der Waals surface area contributed by atoms with Gasteiger partial charge in [-0.15, -0.1) is 0 Å². The van der Waals surface area contributed by atoms with Gasteiger partial charge in [0.25, 0.3) is 5.91 Å². The molecule has 1 heterocycles. The van der Waals surface area contributed by atoms with Crippen molar-refractivity contribution in [3.63, 3.8) is 0 Å². The lowest BCUT2D eigenvalue weighted by Crippen LogP contribution is -2.30. The molecule has 3 aliphatic rings. The molecular weight excluding hydrogens is 437 g/mol. The average molecular weight is 461 g/mol. The van der Waals surface area contributed by atoms with E-state index in [9.17, 15) is 18.8 Å². The molecule has 0 aromatic heterocycles. The zero-order valence-electron chi connectivity index (χ0n) is 18.6. The fourth-order valence-electron chi connectivity index (χ4n) is 4.85. The number of ketones is 2. The van der Waals surface area contributed by atoms with Crippen LogP contribution in [0.3, 0.4) is 0 Å². The number of anilines is 1. The van der Waals surface area contributed by atoms with Crippen LogP contribution < -0.4 is 10.1 Å². The molecule has 5 rings (SSSR count). The lowest BCUT2D eigenvalue weighted by molar-refractivity contribution is -0.119. The van der Waals surface area contributed by atoms with Gasteiger partial charge < -0.3 is 14.8 Å². The van der Waals surface area contributed by atoms with Gasteiger partial charge >= 0.3 is 0 Å². The van der Waals surface area contributed by atoms with Gasteiger partial charge in [0.05, 0.1) is 5.92 Å². The zero-order chi connectivity index (χ0) is 23.7. The topological polar surface area (TPSA) is 81.7 Å². The van der Waals surface area contributed by atoms with Crippen molar-refractivity contribution < 1.29 is 28.2 Å². The lowest BCUT2D eigenvalue weighted by atomic mass is 9.73. The normalized spacial score (nSPS) is 18.3. The molecule has 2 aliphatic carbocycles. The molecule has 6 nitrogen and oxygen atoms in total. The number of amides is 1. The predicted octanol–water partition coefficient (Wildman–Crippen LogP) is 4.97. The Bertz CT molecular complexity index is 1190. The fourth-order valence-corrected chi connectivity index (χ4v) is 4.85. The van der Waals surface area contributed by atoms with E-state index in [1.165, 1.54) is 24.3 Å². The first kappa shape index (κ1) is 22.1. The van der Waals surface area contributed by atoms with Crippen LogP contribution in [0.1, 0.15) is 50.0 Å². The summed E-state index contributed by atoms with van der Waals surface area (Å²) in [4.78, 5) is 38.4. The Labute approximate surface area is 196 Å². The lowest BCUT2D eigenvalue weighted by Gasteiger charge is -2.36. The Hall–Kier alpha value is -3.74. The van der Waals surface area contributed by atoms with Crippen molar-refractivity contribution in [2.75, 3.05) is 11.9 Å². The van der Waals surface area contributed by atoms with Crippen molar-refractivity contribution in [2.45, 2.75) is 44.4 Å². The van der Waals surface area contributed by atoms with Crippen LogP contribution in [-0.2, 0) is 19.1 Å².